The summed E-state index contributed by atoms with van der Waals surface area (Å²) in [7, 11) is 1.62. The summed E-state index contributed by atoms with van der Waals surface area (Å²) in [6, 6.07) is -0.187. The van der Waals surface area contributed by atoms with Gasteiger partial charge in [-0.15, -0.1) is 0 Å². The lowest BCUT2D eigenvalue weighted by Gasteiger charge is -2.09. The molecule has 0 unspecified atom stereocenters. The van der Waals surface area contributed by atoms with Crippen molar-refractivity contribution in [3.63, 3.8) is 0 Å². The number of carbonyl (C=O) groups is 2. The Labute approximate surface area is 59.4 Å². The summed E-state index contributed by atoms with van der Waals surface area (Å²) in [6.07, 6.45) is 0. The van der Waals surface area contributed by atoms with Crippen LogP contribution in [-0.2, 0) is 4.79 Å². The lowest BCUT2D eigenvalue weighted by Crippen LogP contribution is -2.31. The summed E-state index contributed by atoms with van der Waals surface area (Å²) >= 11 is 0. The molecule has 0 aromatic rings. The smallest absolute Gasteiger partial charge is 0.318 e. The van der Waals surface area contributed by atoms with Crippen LogP contribution >= 0.6 is 0 Å². The van der Waals surface area contributed by atoms with Crippen LogP contribution in [-0.4, -0.2) is 41.9 Å². The molecule has 0 aromatic carbocycles. The van der Waals surface area contributed by atoms with E-state index in [2.05, 4.69) is 0 Å². The van der Waals surface area contributed by atoms with Crippen LogP contribution in [0.4, 0.5) is 4.79 Å². The molecule has 4 heteroatoms. The minimum atomic E-state index is -0.187. The highest BCUT2D eigenvalue weighted by Crippen LogP contribution is 2.05. The molecule has 1 saturated heterocycles. The first-order valence-electron chi connectivity index (χ1n) is 3.22. The second kappa shape index (κ2) is 2.28. The van der Waals surface area contributed by atoms with Gasteiger partial charge in [0.25, 0.3) is 0 Å². The van der Waals surface area contributed by atoms with Gasteiger partial charge in [-0.1, -0.05) is 0 Å². The fourth-order valence-electron chi connectivity index (χ4n) is 0.980. The van der Waals surface area contributed by atoms with Gasteiger partial charge in [0.2, 0.25) is 5.91 Å². The summed E-state index contributed by atoms with van der Waals surface area (Å²) in [5.74, 6) is -0.102. The van der Waals surface area contributed by atoms with Crippen LogP contribution in [0, 0.1) is 0 Å². The Morgan fingerprint density at radius 3 is 2.30 bits per heavy atom. The van der Waals surface area contributed by atoms with Crippen molar-refractivity contribution in [2.75, 3.05) is 20.1 Å². The number of urea groups is 1. The largest absolute Gasteiger partial charge is 0.326 e. The van der Waals surface area contributed by atoms with E-state index in [-0.39, 0.29) is 18.5 Å². The maximum absolute atomic E-state index is 11.0. The van der Waals surface area contributed by atoms with Crippen LogP contribution in [0.25, 0.3) is 0 Å². The average molecular weight is 142 g/mol. The number of imide groups is 1. The third-order valence-corrected chi connectivity index (χ3v) is 1.55. The summed E-state index contributed by atoms with van der Waals surface area (Å²) < 4.78 is 0. The van der Waals surface area contributed by atoms with Crippen molar-refractivity contribution >= 4 is 11.9 Å². The zero-order valence-electron chi connectivity index (χ0n) is 6.13. The van der Waals surface area contributed by atoms with Crippen molar-refractivity contribution in [3.05, 3.63) is 0 Å². The lowest BCUT2D eigenvalue weighted by atomic mass is 10.5. The van der Waals surface area contributed by atoms with Gasteiger partial charge < -0.3 is 4.90 Å². The van der Waals surface area contributed by atoms with E-state index < -0.39 is 0 Å². The third-order valence-electron chi connectivity index (χ3n) is 1.55. The number of likely N-dealkylation sites (N-methyl/N-ethyl adjacent to an activating group) is 2. The van der Waals surface area contributed by atoms with E-state index in [1.54, 1.807) is 14.0 Å². The molecule has 0 saturated carbocycles. The highest BCUT2D eigenvalue weighted by atomic mass is 16.2. The highest BCUT2D eigenvalue weighted by molar-refractivity contribution is 6.01. The minimum Gasteiger partial charge on any atom is -0.318 e. The molecule has 56 valence electrons. The monoisotopic (exact) mass is 142 g/mol. The molecule has 0 radical (unpaired) electrons. The van der Waals surface area contributed by atoms with Crippen LogP contribution in [0.2, 0.25) is 0 Å². The van der Waals surface area contributed by atoms with Gasteiger partial charge in [-0.05, 0) is 6.92 Å². The zero-order chi connectivity index (χ0) is 7.72. The lowest BCUT2D eigenvalue weighted by molar-refractivity contribution is -0.125. The Bertz CT molecular complexity index is 179. The molecule has 0 spiro atoms. The van der Waals surface area contributed by atoms with Crippen molar-refractivity contribution < 1.29 is 9.59 Å². The Morgan fingerprint density at radius 2 is 2.10 bits per heavy atom. The van der Waals surface area contributed by atoms with E-state index in [1.807, 2.05) is 0 Å². The molecule has 0 atom stereocenters. The minimum absolute atomic E-state index is 0.102. The number of amides is 3. The Morgan fingerprint density at radius 1 is 1.50 bits per heavy atom. The first-order chi connectivity index (χ1) is 4.66. The van der Waals surface area contributed by atoms with Gasteiger partial charge in [-0.25, -0.2) is 4.79 Å². The van der Waals surface area contributed by atoms with Gasteiger partial charge in [-0.3, -0.25) is 9.69 Å². The summed E-state index contributed by atoms with van der Waals surface area (Å²) in [4.78, 5) is 24.5. The summed E-state index contributed by atoms with van der Waals surface area (Å²) in [5.41, 5.74) is 0. The van der Waals surface area contributed by atoms with Crippen molar-refractivity contribution in [1.82, 2.24) is 9.80 Å². The Kier molecular flexibility index (Phi) is 1.61. The van der Waals surface area contributed by atoms with Gasteiger partial charge >= 0.3 is 6.03 Å². The number of nitrogens with zero attached hydrogens (tertiary/aromatic N) is 2. The van der Waals surface area contributed by atoms with Crippen molar-refractivity contribution in [2.45, 2.75) is 6.92 Å². The SMILES string of the molecule is CCN1C(=O)CN(C)C1=O. The molecule has 1 heterocycles. The van der Waals surface area contributed by atoms with Crippen LogP contribution in [0.1, 0.15) is 6.92 Å². The predicted molar refractivity (Wildman–Crippen MR) is 35.4 cm³/mol. The molecular formula is C6H10N2O2. The van der Waals surface area contributed by atoms with Gasteiger partial charge in [0.05, 0.1) is 0 Å². The average Bonchev–Trinajstić information content (AvgIpc) is 2.09. The number of carbonyl (C=O) groups excluding carboxylic acids is 2. The number of hydrogen-bond donors (Lipinski definition) is 0. The van der Waals surface area contributed by atoms with Crippen LogP contribution in [0.3, 0.4) is 0 Å². The highest BCUT2D eigenvalue weighted by Gasteiger charge is 2.31. The normalized spacial score (nSPS) is 19.0. The third kappa shape index (κ3) is 0.853. The van der Waals surface area contributed by atoms with Crippen molar-refractivity contribution in [2.24, 2.45) is 0 Å². The molecule has 0 N–H and O–H groups in total. The fourth-order valence-corrected chi connectivity index (χ4v) is 0.980. The van der Waals surface area contributed by atoms with Gasteiger partial charge in [0.15, 0.2) is 0 Å². The van der Waals surface area contributed by atoms with E-state index in [0.29, 0.717) is 6.54 Å². The van der Waals surface area contributed by atoms with E-state index in [4.69, 9.17) is 0 Å². The molecule has 1 fully saturated rings. The van der Waals surface area contributed by atoms with Gasteiger partial charge in [-0.2, -0.15) is 0 Å². The first kappa shape index (κ1) is 7.05. The standard InChI is InChI=1S/C6H10N2O2/c1-3-8-5(9)4-7(2)6(8)10/h3-4H2,1-2H3. The molecular weight excluding hydrogens is 132 g/mol. The molecule has 4 nitrogen and oxygen atoms in total. The Hall–Kier alpha value is -1.06. The summed E-state index contributed by atoms with van der Waals surface area (Å²) in [6.45, 7) is 2.49. The maximum Gasteiger partial charge on any atom is 0.326 e. The first-order valence-corrected chi connectivity index (χ1v) is 3.22. The molecule has 0 bridgehead atoms. The van der Waals surface area contributed by atoms with E-state index in [9.17, 15) is 9.59 Å². The van der Waals surface area contributed by atoms with E-state index in [0.717, 1.165) is 0 Å². The van der Waals surface area contributed by atoms with E-state index >= 15 is 0 Å². The van der Waals surface area contributed by atoms with Gasteiger partial charge in [0.1, 0.15) is 6.54 Å². The van der Waals surface area contributed by atoms with E-state index in [1.165, 1.54) is 9.80 Å². The van der Waals surface area contributed by atoms with Crippen molar-refractivity contribution in [3.8, 4) is 0 Å². The maximum atomic E-state index is 11.0. The molecule has 1 rings (SSSR count). The van der Waals surface area contributed by atoms with Crippen molar-refractivity contribution in [1.29, 1.82) is 0 Å². The molecule has 0 aromatic heterocycles. The number of rotatable bonds is 1. The molecule has 3 amide bonds. The second-order valence-corrected chi connectivity index (χ2v) is 2.28. The summed E-state index contributed by atoms with van der Waals surface area (Å²) in [5, 5.41) is 0. The van der Waals surface area contributed by atoms with Crippen LogP contribution < -0.4 is 0 Å². The van der Waals surface area contributed by atoms with Crippen LogP contribution in [0.5, 0.6) is 0 Å². The Balaban J connectivity index is 2.74. The molecule has 10 heavy (non-hydrogen) atoms. The zero-order valence-corrected chi connectivity index (χ0v) is 6.13. The molecule has 0 aliphatic carbocycles. The quantitative estimate of drug-likeness (QED) is 0.480. The molecule has 1 aliphatic heterocycles. The van der Waals surface area contributed by atoms with Gasteiger partial charge in [0, 0.05) is 13.6 Å². The predicted octanol–water partition coefficient (Wildman–Crippen LogP) is -0.0997. The number of hydrogen-bond acceptors (Lipinski definition) is 2. The molecule has 1 aliphatic rings. The topological polar surface area (TPSA) is 40.6 Å². The van der Waals surface area contributed by atoms with Crippen LogP contribution in [0.15, 0.2) is 0 Å². The fraction of sp³-hybridized carbons (Fsp3) is 0.667. The second-order valence-electron chi connectivity index (χ2n) is 2.28.